The van der Waals surface area contributed by atoms with Crippen molar-refractivity contribution < 1.29 is 14.5 Å². The van der Waals surface area contributed by atoms with Crippen LogP contribution in [-0.4, -0.2) is 42.8 Å². The van der Waals surface area contributed by atoms with Crippen LogP contribution in [0.15, 0.2) is 12.3 Å². The van der Waals surface area contributed by atoms with Crippen LogP contribution in [0.2, 0.25) is 0 Å². The fourth-order valence-corrected chi connectivity index (χ4v) is 2.53. The van der Waals surface area contributed by atoms with E-state index in [9.17, 15) is 19.7 Å². The summed E-state index contributed by atoms with van der Waals surface area (Å²) in [5.41, 5.74) is 1.07. The molecule has 0 aliphatic heterocycles. The Kier molecular flexibility index (Phi) is 6.85. The molecule has 2 heterocycles. The van der Waals surface area contributed by atoms with Gasteiger partial charge in [-0.25, -0.2) is 0 Å². The van der Waals surface area contributed by atoms with Crippen LogP contribution < -0.4 is 10.6 Å². The van der Waals surface area contributed by atoms with Crippen LogP contribution >= 0.6 is 0 Å². The Bertz CT molecular complexity index is 871. The fraction of sp³-hybridized carbons (Fsp3) is 0.529. The van der Waals surface area contributed by atoms with Crippen LogP contribution in [0.4, 0.5) is 11.5 Å². The SMILES string of the molecule is CCCNC(=O)c1nn(CC)cc1NC(=O)C(C)Cn1nc([N+](=O)[O-])cc1C. The highest BCUT2D eigenvalue weighted by Gasteiger charge is 2.23. The molecular formula is C17H25N7O4. The quantitative estimate of drug-likeness (QED) is 0.493. The van der Waals surface area contributed by atoms with E-state index in [1.165, 1.54) is 10.7 Å². The average Bonchev–Trinajstić information content (AvgIpc) is 3.23. The number of hydrogen-bond acceptors (Lipinski definition) is 6. The standard InChI is InChI=1S/C17H25N7O4/c1-5-7-18-17(26)15-13(10-22(6-2)21-15)19-16(25)11(3)9-23-12(4)8-14(20-23)24(27)28/h8,10-11H,5-7,9H2,1-4H3,(H,18,26)(H,19,25). The van der Waals surface area contributed by atoms with Crippen LogP contribution in [0.5, 0.6) is 0 Å². The number of rotatable bonds is 9. The van der Waals surface area contributed by atoms with Gasteiger partial charge in [-0.05, 0) is 25.2 Å². The Morgan fingerprint density at radius 1 is 1.32 bits per heavy atom. The highest BCUT2D eigenvalue weighted by molar-refractivity contribution is 6.02. The second-order valence-electron chi connectivity index (χ2n) is 6.48. The van der Waals surface area contributed by atoms with Gasteiger partial charge in [0.15, 0.2) is 5.69 Å². The van der Waals surface area contributed by atoms with E-state index in [1.54, 1.807) is 24.7 Å². The molecule has 0 fully saturated rings. The Morgan fingerprint density at radius 3 is 2.61 bits per heavy atom. The molecule has 2 amide bonds. The summed E-state index contributed by atoms with van der Waals surface area (Å²) < 4.78 is 2.99. The molecule has 1 atom stereocenters. The van der Waals surface area contributed by atoms with Crippen molar-refractivity contribution in [1.29, 1.82) is 0 Å². The molecule has 2 rings (SSSR count). The molecular weight excluding hydrogens is 366 g/mol. The van der Waals surface area contributed by atoms with E-state index in [2.05, 4.69) is 20.8 Å². The van der Waals surface area contributed by atoms with Gasteiger partial charge in [-0.2, -0.15) is 9.78 Å². The number of carbonyl (C=O) groups is 2. The number of nitrogens with one attached hydrogen (secondary N) is 2. The van der Waals surface area contributed by atoms with E-state index in [0.29, 0.717) is 24.5 Å². The second kappa shape index (κ2) is 9.11. The average molecular weight is 391 g/mol. The number of nitro groups is 1. The summed E-state index contributed by atoms with van der Waals surface area (Å²) in [7, 11) is 0. The van der Waals surface area contributed by atoms with Crippen molar-refractivity contribution in [3.8, 4) is 0 Å². The zero-order valence-electron chi connectivity index (χ0n) is 16.4. The minimum absolute atomic E-state index is 0.154. The Hall–Kier alpha value is -3.24. The van der Waals surface area contributed by atoms with Gasteiger partial charge < -0.3 is 20.7 Å². The van der Waals surface area contributed by atoms with Gasteiger partial charge in [0.05, 0.1) is 35.0 Å². The molecule has 2 N–H and O–H groups in total. The summed E-state index contributed by atoms with van der Waals surface area (Å²) in [6.07, 6.45) is 2.39. The van der Waals surface area contributed by atoms with Crippen molar-refractivity contribution in [3.05, 3.63) is 33.8 Å². The molecule has 2 aromatic heterocycles. The van der Waals surface area contributed by atoms with Crippen LogP contribution in [0.3, 0.4) is 0 Å². The minimum Gasteiger partial charge on any atom is -0.358 e. The van der Waals surface area contributed by atoms with Gasteiger partial charge in [0.25, 0.3) is 5.91 Å². The second-order valence-corrected chi connectivity index (χ2v) is 6.48. The maximum absolute atomic E-state index is 12.6. The molecule has 11 heteroatoms. The third kappa shape index (κ3) is 4.93. The highest BCUT2D eigenvalue weighted by atomic mass is 16.6. The van der Waals surface area contributed by atoms with Gasteiger partial charge in [-0.1, -0.05) is 13.8 Å². The predicted octanol–water partition coefficient (Wildman–Crippen LogP) is 1.73. The van der Waals surface area contributed by atoms with Crippen molar-refractivity contribution >= 4 is 23.3 Å². The molecule has 11 nitrogen and oxygen atoms in total. The first-order valence-electron chi connectivity index (χ1n) is 9.12. The molecule has 28 heavy (non-hydrogen) atoms. The number of aromatic nitrogens is 4. The number of anilines is 1. The topological polar surface area (TPSA) is 137 Å². The van der Waals surface area contributed by atoms with Gasteiger partial charge in [-0.3, -0.25) is 14.3 Å². The number of carbonyl (C=O) groups excluding carboxylic acids is 2. The summed E-state index contributed by atoms with van der Waals surface area (Å²) in [5.74, 6) is -1.48. The molecule has 0 saturated carbocycles. The van der Waals surface area contributed by atoms with Crippen molar-refractivity contribution in [2.45, 2.75) is 47.2 Å². The molecule has 0 bridgehead atoms. The van der Waals surface area contributed by atoms with E-state index in [1.807, 2.05) is 13.8 Å². The van der Waals surface area contributed by atoms with Crippen LogP contribution in [0, 0.1) is 23.0 Å². The van der Waals surface area contributed by atoms with E-state index in [-0.39, 0.29) is 29.9 Å². The Balaban J connectivity index is 2.12. The van der Waals surface area contributed by atoms with Gasteiger partial charge in [0.1, 0.15) is 0 Å². The normalized spacial score (nSPS) is 11.9. The van der Waals surface area contributed by atoms with E-state index < -0.39 is 10.8 Å². The van der Waals surface area contributed by atoms with Crippen molar-refractivity contribution in [2.75, 3.05) is 11.9 Å². The monoisotopic (exact) mass is 391 g/mol. The van der Waals surface area contributed by atoms with Gasteiger partial charge in [0, 0.05) is 19.3 Å². The molecule has 0 saturated heterocycles. The molecule has 0 radical (unpaired) electrons. The third-order valence-electron chi connectivity index (χ3n) is 4.14. The molecule has 0 aliphatic rings. The van der Waals surface area contributed by atoms with E-state index >= 15 is 0 Å². The summed E-state index contributed by atoms with van der Waals surface area (Å²) in [4.78, 5) is 35.2. The molecule has 0 spiro atoms. The zero-order valence-corrected chi connectivity index (χ0v) is 16.4. The summed E-state index contributed by atoms with van der Waals surface area (Å²) >= 11 is 0. The molecule has 1 unspecified atom stereocenters. The number of aryl methyl sites for hydroxylation is 2. The Morgan fingerprint density at radius 2 is 2.04 bits per heavy atom. The predicted molar refractivity (Wildman–Crippen MR) is 102 cm³/mol. The first kappa shape index (κ1) is 21.1. The maximum Gasteiger partial charge on any atom is 0.390 e. The fourth-order valence-electron chi connectivity index (χ4n) is 2.53. The largest absolute Gasteiger partial charge is 0.390 e. The lowest BCUT2D eigenvalue weighted by atomic mass is 10.1. The van der Waals surface area contributed by atoms with Crippen molar-refractivity contribution in [2.24, 2.45) is 5.92 Å². The van der Waals surface area contributed by atoms with E-state index in [0.717, 1.165) is 6.42 Å². The zero-order chi connectivity index (χ0) is 20.8. The lowest BCUT2D eigenvalue weighted by molar-refractivity contribution is -0.389. The lowest BCUT2D eigenvalue weighted by Gasteiger charge is -2.11. The van der Waals surface area contributed by atoms with Gasteiger partial charge >= 0.3 is 5.82 Å². The number of amides is 2. The maximum atomic E-state index is 12.6. The first-order chi connectivity index (χ1) is 13.3. The number of hydrogen-bond donors (Lipinski definition) is 2. The number of nitrogens with zero attached hydrogens (tertiary/aromatic N) is 5. The smallest absolute Gasteiger partial charge is 0.358 e. The van der Waals surface area contributed by atoms with Gasteiger partial charge in [-0.15, -0.1) is 0 Å². The third-order valence-corrected chi connectivity index (χ3v) is 4.14. The summed E-state index contributed by atoms with van der Waals surface area (Å²) in [6.45, 7) is 8.42. The van der Waals surface area contributed by atoms with E-state index in [4.69, 9.17) is 0 Å². The van der Waals surface area contributed by atoms with Crippen LogP contribution in [0.25, 0.3) is 0 Å². The molecule has 2 aromatic rings. The Labute approximate surface area is 162 Å². The molecule has 152 valence electrons. The summed E-state index contributed by atoms with van der Waals surface area (Å²) in [5, 5.41) is 24.4. The minimum atomic E-state index is -0.575. The lowest BCUT2D eigenvalue weighted by Crippen LogP contribution is -2.28. The van der Waals surface area contributed by atoms with Crippen LogP contribution in [-0.2, 0) is 17.9 Å². The van der Waals surface area contributed by atoms with Crippen molar-refractivity contribution in [3.63, 3.8) is 0 Å². The van der Waals surface area contributed by atoms with Crippen molar-refractivity contribution in [1.82, 2.24) is 24.9 Å². The molecule has 0 aromatic carbocycles. The van der Waals surface area contributed by atoms with Crippen LogP contribution in [0.1, 0.15) is 43.4 Å². The van der Waals surface area contributed by atoms with Gasteiger partial charge in [0.2, 0.25) is 5.91 Å². The highest BCUT2D eigenvalue weighted by Crippen LogP contribution is 2.17. The summed E-state index contributed by atoms with van der Waals surface area (Å²) in [6, 6.07) is 1.35. The first-order valence-corrected chi connectivity index (χ1v) is 9.12. The molecule has 0 aliphatic carbocycles.